The predicted octanol–water partition coefficient (Wildman–Crippen LogP) is 4.36. The second-order valence-electron chi connectivity index (χ2n) is 7.81. The van der Waals surface area contributed by atoms with Crippen LogP contribution < -0.4 is 9.47 Å². The first kappa shape index (κ1) is 21.2. The molecular weight excluding hydrogens is 448 g/mol. The molecule has 1 fully saturated rings. The number of hydrogen-bond acceptors (Lipinski definition) is 6. The number of aromatic nitrogens is 3. The Morgan fingerprint density at radius 2 is 1.91 bits per heavy atom. The molecule has 2 aliphatic heterocycles. The molecule has 0 spiro atoms. The molecule has 0 N–H and O–H groups in total. The van der Waals surface area contributed by atoms with E-state index in [1.807, 2.05) is 59.0 Å². The fourth-order valence-electron chi connectivity index (χ4n) is 4.18. The van der Waals surface area contributed by atoms with Gasteiger partial charge in [-0.25, -0.2) is 0 Å². The second kappa shape index (κ2) is 9.03. The lowest BCUT2D eigenvalue weighted by Gasteiger charge is -2.26. The van der Waals surface area contributed by atoms with E-state index in [9.17, 15) is 4.79 Å². The zero-order chi connectivity index (χ0) is 22.1. The Hall–Kier alpha value is -2.71. The molecule has 0 saturated carbocycles. The van der Waals surface area contributed by atoms with E-state index >= 15 is 0 Å². The van der Waals surface area contributed by atoms with Crippen molar-refractivity contribution >= 4 is 29.3 Å². The van der Waals surface area contributed by atoms with Crippen LogP contribution in [0.15, 0.2) is 47.6 Å². The van der Waals surface area contributed by atoms with E-state index in [2.05, 4.69) is 10.2 Å². The average Bonchev–Trinajstić information content (AvgIpc) is 3.45. The molecule has 1 aromatic heterocycles. The predicted molar refractivity (Wildman–Crippen MR) is 123 cm³/mol. The highest BCUT2D eigenvalue weighted by molar-refractivity contribution is 7.99. The third-order valence-corrected chi connectivity index (χ3v) is 7.04. The summed E-state index contributed by atoms with van der Waals surface area (Å²) >= 11 is 7.39. The largest absolute Gasteiger partial charge is 0.486 e. The quantitative estimate of drug-likeness (QED) is 0.516. The third-order valence-electron chi connectivity index (χ3n) is 5.79. The van der Waals surface area contributed by atoms with Crippen LogP contribution in [0, 0.1) is 0 Å². The first-order valence-corrected chi connectivity index (χ1v) is 11.9. The van der Waals surface area contributed by atoms with E-state index in [0.29, 0.717) is 29.1 Å². The Labute approximate surface area is 195 Å². The number of carbonyl (C=O) groups excluding carboxylic acids is 1. The van der Waals surface area contributed by atoms with Crippen molar-refractivity contribution < 1.29 is 14.3 Å². The van der Waals surface area contributed by atoms with Gasteiger partial charge < -0.3 is 18.9 Å². The summed E-state index contributed by atoms with van der Waals surface area (Å²) in [6.07, 6.45) is 1.93. The van der Waals surface area contributed by atoms with Crippen LogP contribution in [0.4, 0.5) is 0 Å². The molecule has 9 heteroatoms. The normalized spacial score (nSPS) is 17.6. The zero-order valence-corrected chi connectivity index (χ0v) is 19.2. The third kappa shape index (κ3) is 4.17. The van der Waals surface area contributed by atoms with Crippen LogP contribution in [0.3, 0.4) is 0 Å². The van der Waals surface area contributed by atoms with Gasteiger partial charge in [-0.3, -0.25) is 4.79 Å². The molecule has 32 heavy (non-hydrogen) atoms. The Morgan fingerprint density at radius 3 is 2.72 bits per heavy atom. The summed E-state index contributed by atoms with van der Waals surface area (Å²) in [6, 6.07) is 13.5. The Balaban J connectivity index is 1.26. The summed E-state index contributed by atoms with van der Waals surface area (Å²) in [5, 5.41) is 9.96. The van der Waals surface area contributed by atoms with Crippen molar-refractivity contribution in [3.05, 3.63) is 53.1 Å². The molecule has 0 unspecified atom stereocenters. The van der Waals surface area contributed by atoms with Crippen molar-refractivity contribution in [2.24, 2.45) is 7.05 Å². The monoisotopic (exact) mass is 470 g/mol. The Morgan fingerprint density at radius 1 is 1.12 bits per heavy atom. The molecular formula is C23H23ClN4O3S. The highest BCUT2D eigenvalue weighted by Crippen LogP contribution is 2.38. The van der Waals surface area contributed by atoms with Crippen LogP contribution in [-0.4, -0.2) is 51.1 Å². The molecule has 5 rings (SSSR count). The minimum atomic E-state index is 0.0584. The second-order valence-corrected chi connectivity index (χ2v) is 9.19. The molecule has 0 bridgehead atoms. The number of benzene rings is 2. The molecule has 2 aromatic carbocycles. The van der Waals surface area contributed by atoms with E-state index in [4.69, 9.17) is 21.1 Å². The van der Waals surface area contributed by atoms with Gasteiger partial charge in [-0.05, 0) is 54.8 Å². The number of rotatable bonds is 5. The van der Waals surface area contributed by atoms with Crippen LogP contribution in [-0.2, 0) is 11.8 Å². The topological polar surface area (TPSA) is 69.5 Å². The molecule has 0 radical (unpaired) electrons. The van der Waals surface area contributed by atoms with Gasteiger partial charge in [0.05, 0.1) is 11.8 Å². The molecule has 1 amide bonds. The molecule has 3 heterocycles. The molecule has 3 aromatic rings. The molecule has 1 atom stereocenters. The maximum Gasteiger partial charge on any atom is 0.233 e. The lowest BCUT2D eigenvalue weighted by atomic mass is 10.0. The number of hydrogen-bond donors (Lipinski definition) is 0. The number of carbonyl (C=O) groups is 1. The van der Waals surface area contributed by atoms with Gasteiger partial charge in [-0.1, -0.05) is 29.4 Å². The summed E-state index contributed by atoms with van der Waals surface area (Å²) in [6.45, 7) is 1.88. The van der Waals surface area contributed by atoms with Gasteiger partial charge in [0, 0.05) is 24.2 Å². The first-order valence-electron chi connectivity index (χ1n) is 10.6. The Bertz CT molecular complexity index is 1130. The number of likely N-dealkylation sites (tertiary alicyclic amines) is 1. The molecule has 7 nitrogen and oxygen atoms in total. The van der Waals surface area contributed by atoms with E-state index in [0.717, 1.165) is 47.8 Å². The summed E-state index contributed by atoms with van der Waals surface area (Å²) in [5.41, 5.74) is 2.02. The SMILES string of the molecule is Cn1c(SCC(=O)N2CCC[C@@H]2c2ccc3c(c2)OCCO3)nnc1-c1ccc(Cl)cc1. The molecule has 2 aliphatic rings. The van der Waals surface area contributed by atoms with Crippen LogP contribution in [0.25, 0.3) is 11.4 Å². The minimum absolute atomic E-state index is 0.0584. The highest BCUT2D eigenvalue weighted by atomic mass is 35.5. The van der Waals surface area contributed by atoms with Gasteiger partial charge in [0.1, 0.15) is 13.2 Å². The van der Waals surface area contributed by atoms with Crippen LogP contribution in [0.5, 0.6) is 11.5 Å². The maximum absolute atomic E-state index is 13.1. The Kier molecular flexibility index (Phi) is 5.97. The van der Waals surface area contributed by atoms with Crippen molar-refractivity contribution in [1.29, 1.82) is 0 Å². The fourth-order valence-corrected chi connectivity index (χ4v) is 5.10. The van der Waals surface area contributed by atoms with Gasteiger partial charge >= 0.3 is 0 Å². The van der Waals surface area contributed by atoms with E-state index in [1.54, 1.807) is 0 Å². The smallest absolute Gasteiger partial charge is 0.233 e. The average molecular weight is 471 g/mol. The lowest BCUT2D eigenvalue weighted by Crippen LogP contribution is -2.32. The van der Waals surface area contributed by atoms with Gasteiger partial charge in [0.15, 0.2) is 22.5 Å². The molecule has 1 saturated heterocycles. The number of fused-ring (bicyclic) bond motifs is 1. The van der Waals surface area contributed by atoms with Crippen LogP contribution in [0.2, 0.25) is 5.02 Å². The fraction of sp³-hybridized carbons (Fsp3) is 0.348. The number of ether oxygens (including phenoxy) is 2. The van der Waals surface area contributed by atoms with E-state index in [1.165, 1.54) is 11.8 Å². The van der Waals surface area contributed by atoms with Gasteiger partial charge in [-0.15, -0.1) is 10.2 Å². The van der Waals surface area contributed by atoms with Gasteiger partial charge in [-0.2, -0.15) is 0 Å². The van der Waals surface area contributed by atoms with E-state index < -0.39 is 0 Å². The van der Waals surface area contributed by atoms with Crippen LogP contribution in [0.1, 0.15) is 24.4 Å². The minimum Gasteiger partial charge on any atom is -0.486 e. The van der Waals surface area contributed by atoms with E-state index in [-0.39, 0.29) is 11.9 Å². The van der Waals surface area contributed by atoms with Crippen molar-refractivity contribution in [3.63, 3.8) is 0 Å². The number of thioether (sulfide) groups is 1. The van der Waals surface area contributed by atoms with Gasteiger partial charge in [0.25, 0.3) is 0 Å². The van der Waals surface area contributed by atoms with Gasteiger partial charge in [0.2, 0.25) is 5.91 Å². The van der Waals surface area contributed by atoms with Crippen molar-refractivity contribution in [2.45, 2.75) is 24.0 Å². The highest BCUT2D eigenvalue weighted by Gasteiger charge is 2.31. The molecule has 0 aliphatic carbocycles. The lowest BCUT2D eigenvalue weighted by molar-refractivity contribution is -0.129. The van der Waals surface area contributed by atoms with Crippen LogP contribution >= 0.6 is 23.4 Å². The van der Waals surface area contributed by atoms with Crippen molar-refractivity contribution in [3.8, 4) is 22.9 Å². The summed E-state index contributed by atoms with van der Waals surface area (Å²) in [4.78, 5) is 15.1. The number of halogens is 1. The van der Waals surface area contributed by atoms with Crippen molar-refractivity contribution in [2.75, 3.05) is 25.5 Å². The maximum atomic E-state index is 13.1. The zero-order valence-electron chi connectivity index (χ0n) is 17.7. The first-order chi connectivity index (χ1) is 15.6. The summed E-state index contributed by atoms with van der Waals surface area (Å²) in [7, 11) is 1.91. The van der Waals surface area contributed by atoms with Crippen molar-refractivity contribution in [1.82, 2.24) is 19.7 Å². The summed E-state index contributed by atoms with van der Waals surface area (Å²) < 4.78 is 13.3. The molecule has 166 valence electrons. The number of nitrogens with zero attached hydrogens (tertiary/aromatic N) is 4. The summed E-state index contributed by atoms with van der Waals surface area (Å²) in [5.74, 6) is 2.69. The standard InChI is InChI=1S/C23H23ClN4O3S/c1-27-22(15-4-7-17(24)8-5-15)25-26-23(27)32-14-21(29)28-10-2-3-18(28)16-6-9-19-20(13-16)31-12-11-30-19/h4-9,13,18H,2-3,10-12,14H2,1H3/t18-/m1/s1. The number of amides is 1.